The average molecular weight is 392 g/mol. The summed E-state index contributed by atoms with van der Waals surface area (Å²) in [4.78, 5) is 8.21. The molecule has 1 unspecified atom stereocenters. The van der Waals surface area contributed by atoms with E-state index in [-0.39, 0.29) is 6.23 Å². The van der Waals surface area contributed by atoms with Crippen LogP contribution in [0.2, 0.25) is 0 Å². The highest BCUT2D eigenvalue weighted by atomic mass is 19.4. The maximum Gasteiger partial charge on any atom is 0.416 e. The predicted octanol–water partition coefficient (Wildman–Crippen LogP) is 3.62. The lowest BCUT2D eigenvalue weighted by molar-refractivity contribution is -0.137. The summed E-state index contributed by atoms with van der Waals surface area (Å²) in [5.74, 6) is 0.370. The zero-order valence-electron chi connectivity index (χ0n) is 15.0. The van der Waals surface area contributed by atoms with Crippen molar-refractivity contribution in [3.8, 4) is 0 Å². The fourth-order valence-electron chi connectivity index (χ4n) is 3.64. The van der Waals surface area contributed by atoms with Gasteiger partial charge in [-0.15, -0.1) is 0 Å². The van der Waals surface area contributed by atoms with Gasteiger partial charge in [0, 0.05) is 6.20 Å². The molecular weight excluding hydrogens is 373 g/mol. The van der Waals surface area contributed by atoms with Crippen LogP contribution < -0.4 is 5.73 Å². The zero-order chi connectivity index (χ0) is 20.1. The number of nitrogens with zero attached hydrogens (tertiary/aromatic N) is 3. The highest BCUT2D eigenvalue weighted by Crippen LogP contribution is 2.40. The molecule has 1 aliphatic rings. The molecule has 4 rings (SSSR count). The van der Waals surface area contributed by atoms with Crippen molar-refractivity contribution >= 4 is 16.9 Å². The second-order valence-corrected chi connectivity index (χ2v) is 7.10. The van der Waals surface area contributed by atoms with Crippen molar-refractivity contribution in [2.24, 2.45) is 0 Å². The standard InChI is InChI=1S/C19H19F3N4O2/c1-18(27,11-2-4-12(5-3-11)19(20,21)22)14-6-7-15(28-14)26-9-8-13-16(23)24-10-25-17(13)26/h2-5,8-10,14-15,27H,6-7H2,1H3,(H2,23,24,25)/t14-,15+,18?/m0/s1. The Morgan fingerprint density at radius 1 is 1.11 bits per heavy atom. The minimum absolute atomic E-state index is 0.363. The summed E-state index contributed by atoms with van der Waals surface area (Å²) in [5.41, 5.74) is 4.67. The molecule has 0 spiro atoms. The summed E-state index contributed by atoms with van der Waals surface area (Å²) >= 11 is 0. The predicted molar refractivity (Wildman–Crippen MR) is 96.1 cm³/mol. The first-order valence-electron chi connectivity index (χ1n) is 8.80. The van der Waals surface area contributed by atoms with Gasteiger partial charge in [0.25, 0.3) is 0 Å². The molecule has 1 aromatic carbocycles. The quantitative estimate of drug-likeness (QED) is 0.711. The molecular formula is C19H19F3N4O2. The van der Waals surface area contributed by atoms with E-state index in [4.69, 9.17) is 10.5 Å². The third-order valence-corrected chi connectivity index (χ3v) is 5.27. The van der Waals surface area contributed by atoms with Crippen LogP contribution in [0, 0.1) is 0 Å². The van der Waals surface area contributed by atoms with Crippen molar-refractivity contribution in [3.63, 3.8) is 0 Å². The fourth-order valence-corrected chi connectivity index (χ4v) is 3.64. The molecule has 3 aromatic rings. The molecule has 0 amide bonds. The highest BCUT2D eigenvalue weighted by molar-refractivity contribution is 5.86. The van der Waals surface area contributed by atoms with Crippen LogP contribution in [0.1, 0.15) is 37.1 Å². The Hall–Kier alpha value is -2.65. The van der Waals surface area contributed by atoms with Crippen molar-refractivity contribution < 1.29 is 23.0 Å². The molecule has 1 fully saturated rings. The number of ether oxygens (including phenoxy) is 1. The van der Waals surface area contributed by atoms with E-state index in [2.05, 4.69) is 9.97 Å². The molecule has 1 saturated heterocycles. The Balaban J connectivity index is 1.56. The molecule has 0 radical (unpaired) electrons. The Labute approximate surface area is 158 Å². The molecule has 28 heavy (non-hydrogen) atoms. The molecule has 3 heterocycles. The summed E-state index contributed by atoms with van der Waals surface area (Å²) in [6, 6.07) is 6.32. The number of nitrogens with two attached hydrogens (primary N) is 1. The first-order chi connectivity index (χ1) is 13.2. The van der Waals surface area contributed by atoms with Crippen LogP contribution in [0.4, 0.5) is 19.0 Å². The van der Waals surface area contributed by atoms with Crippen LogP contribution in [-0.2, 0) is 16.5 Å². The van der Waals surface area contributed by atoms with Gasteiger partial charge in [-0.25, -0.2) is 9.97 Å². The number of alkyl halides is 3. The number of fused-ring (bicyclic) bond motifs is 1. The third-order valence-electron chi connectivity index (χ3n) is 5.27. The zero-order valence-corrected chi connectivity index (χ0v) is 15.0. The fraction of sp³-hybridized carbons (Fsp3) is 0.368. The number of nitrogen functional groups attached to an aromatic ring is 1. The monoisotopic (exact) mass is 392 g/mol. The molecule has 3 N–H and O–H groups in total. The number of anilines is 1. The number of hydrogen-bond donors (Lipinski definition) is 2. The normalized spacial score (nSPS) is 22.5. The Bertz CT molecular complexity index is 999. The van der Waals surface area contributed by atoms with Gasteiger partial charge >= 0.3 is 6.18 Å². The van der Waals surface area contributed by atoms with Crippen molar-refractivity contribution in [1.29, 1.82) is 0 Å². The van der Waals surface area contributed by atoms with Gasteiger partial charge in [0.2, 0.25) is 0 Å². The summed E-state index contributed by atoms with van der Waals surface area (Å²) in [5, 5.41) is 11.7. The van der Waals surface area contributed by atoms with Crippen molar-refractivity contribution in [2.45, 2.75) is 43.9 Å². The van der Waals surface area contributed by atoms with E-state index in [1.54, 1.807) is 19.2 Å². The molecule has 0 saturated carbocycles. The Kier molecular flexibility index (Phi) is 4.31. The number of halogens is 3. The second kappa shape index (κ2) is 6.46. The van der Waals surface area contributed by atoms with E-state index in [1.165, 1.54) is 18.5 Å². The van der Waals surface area contributed by atoms with Gasteiger partial charge < -0.3 is 20.1 Å². The minimum Gasteiger partial charge on any atom is -0.383 e. The summed E-state index contributed by atoms with van der Waals surface area (Å²) < 4.78 is 46.2. The van der Waals surface area contributed by atoms with Crippen molar-refractivity contribution in [3.05, 3.63) is 54.0 Å². The molecule has 148 valence electrons. The van der Waals surface area contributed by atoms with E-state index in [9.17, 15) is 18.3 Å². The first-order valence-corrected chi connectivity index (χ1v) is 8.80. The molecule has 6 nitrogen and oxygen atoms in total. The summed E-state index contributed by atoms with van der Waals surface area (Å²) in [7, 11) is 0. The van der Waals surface area contributed by atoms with Gasteiger partial charge in [-0.1, -0.05) is 12.1 Å². The Morgan fingerprint density at radius 3 is 2.46 bits per heavy atom. The van der Waals surface area contributed by atoms with Gasteiger partial charge in [-0.3, -0.25) is 0 Å². The van der Waals surface area contributed by atoms with E-state index >= 15 is 0 Å². The van der Waals surface area contributed by atoms with E-state index < -0.39 is 23.4 Å². The molecule has 3 atom stereocenters. The van der Waals surface area contributed by atoms with Gasteiger partial charge in [-0.05, 0) is 43.5 Å². The van der Waals surface area contributed by atoms with Gasteiger partial charge in [0.15, 0.2) is 0 Å². The highest BCUT2D eigenvalue weighted by Gasteiger charge is 2.41. The number of benzene rings is 1. The molecule has 0 aliphatic carbocycles. The Morgan fingerprint density at radius 2 is 1.79 bits per heavy atom. The smallest absolute Gasteiger partial charge is 0.383 e. The first kappa shape index (κ1) is 18.7. The molecule has 0 bridgehead atoms. The lowest BCUT2D eigenvalue weighted by atomic mass is 9.88. The topological polar surface area (TPSA) is 86.2 Å². The minimum atomic E-state index is -4.42. The molecule has 2 aromatic heterocycles. The number of aromatic nitrogens is 3. The molecule has 9 heteroatoms. The van der Waals surface area contributed by atoms with Crippen molar-refractivity contribution in [1.82, 2.24) is 14.5 Å². The van der Waals surface area contributed by atoms with E-state index in [0.717, 1.165) is 12.1 Å². The SMILES string of the molecule is CC(O)(c1ccc(C(F)(F)F)cc1)[C@@H]1CC[C@H](n2ccc3c(N)ncnc32)O1. The maximum atomic E-state index is 12.8. The van der Waals surface area contributed by atoms with Gasteiger partial charge in [0.05, 0.1) is 17.1 Å². The largest absolute Gasteiger partial charge is 0.416 e. The van der Waals surface area contributed by atoms with Crippen LogP contribution in [-0.4, -0.2) is 25.7 Å². The lowest BCUT2D eigenvalue weighted by Crippen LogP contribution is -2.36. The van der Waals surface area contributed by atoms with E-state index in [0.29, 0.717) is 35.3 Å². The third kappa shape index (κ3) is 3.10. The van der Waals surface area contributed by atoms with E-state index in [1.807, 2.05) is 4.57 Å². The lowest BCUT2D eigenvalue weighted by Gasteiger charge is -2.31. The second-order valence-electron chi connectivity index (χ2n) is 7.10. The number of rotatable bonds is 3. The maximum absolute atomic E-state index is 12.8. The summed E-state index contributed by atoms with van der Waals surface area (Å²) in [6.07, 6.45) is -1.02. The van der Waals surface area contributed by atoms with Crippen LogP contribution >= 0.6 is 0 Å². The van der Waals surface area contributed by atoms with Gasteiger partial charge in [-0.2, -0.15) is 13.2 Å². The van der Waals surface area contributed by atoms with Crippen LogP contribution in [0.3, 0.4) is 0 Å². The van der Waals surface area contributed by atoms with Crippen LogP contribution in [0.5, 0.6) is 0 Å². The molecule has 1 aliphatic heterocycles. The number of aliphatic hydroxyl groups is 1. The van der Waals surface area contributed by atoms with Gasteiger partial charge in [0.1, 0.15) is 29.6 Å². The van der Waals surface area contributed by atoms with Crippen LogP contribution in [0.15, 0.2) is 42.9 Å². The van der Waals surface area contributed by atoms with Crippen LogP contribution in [0.25, 0.3) is 11.0 Å². The average Bonchev–Trinajstić information content (AvgIpc) is 3.29. The number of hydrogen-bond acceptors (Lipinski definition) is 5. The van der Waals surface area contributed by atoms with Crippen molar-refractivity contribution in [2.75, 3.05) is 5.73 Å². The summed E-state index contributed by atoms with van der Waals surface area (Å²) in [6.45, 7) is 1.55.